The maximum absolute atomic E-state index is 12.0. The second kappa shape index (κ2) is 7.97. The minimum absolute atomic E-state index is 0.0433. The van der Waals surface area contributed by atoms with Crippen molar-refractivity contribution >= 4 is 17.8 Å². The summed E-state index contributed by atoms with van der Waals surface area (Å²) in [5.41, 5.74) is 0. The first-order valence-electron chi connectivity index (χ1n) is 7.35. The molecule has 1 rings (SSSR count). The van der Waals surface area contributed by atoms with Gasteiger partial charge in [-0.05, 0) is 5.92 Å². The van der Waals surface area contributed by atoms with Gasteiger partial charge < -0.3 is 15.3 Å². The van der Waals surface area contributed by atoms with Crippen molar-refractivity contribution in [3.63, 3.8) is 0 Å². The molecule has 0 aromatic carbocycles. The molecule has 1 saturated heterocycles. The van der Waals surface area contributed by atoms with Crippen LogP contribution in [0.25, 0.3) is 0 Å². The van der Waals surface area contributed by atoms with Crippen LogP contribution in [0, 0.1) is 5.92 Å². The average Bonchev–Trinajstić information content (AvgIpc) is 2.44. The minimum Gasteiger partial charge on any atom is -0.480 e. The number of nitrogens with zero attached hydrogens (tertiary/aromatic N) is 2. The van der Waals surface area contributed by atoms with Crippen LogP contribution in [-0.4, -0.2) is 71.5 Å². The molecule has 0 saturated carbocycles. The highest BCUT2D eigenvalue weighted by atomic mass is 16.4. The fraction of sp³-hybridized carbons (Fsp3) is 0.786. The lowest BCUT2D eigenvalue weighted by atomic mass is 9.99. The molecule has 7 heteroatoms. The van der Waals surface area contributed by atoms with Gasteiger partial charge in [-0.1, -0.05) is 20.3 Å². The first-order chi connectivity index (χ1) is 9.85. The van der Waals surface area contributed by atoms with Gasteiger partial charge in [0, 0.05) is 33.1 Å². The molecular weight excluding hydrogens is 274 g/mol. The van der Waals surface area contributed by atoms with E-state index >= 15 is 0 Å². The summed E-state index contributed by atoms with van der Waals surface area (Å²) < 4.78 is 0. The number of hydrogen-bond acceptors (Lipinski definition) is 4. The first-order valence-corrected chi connectivity index (χ1v) is 7.35. The van der Waals surface area contributed by atoms with E-state index in [9.17, 15) is 14.4 Å². The van der Waals surface area contributed by atoms with Crippen LogP contribution in [0.5, 0.6) is 0 Å². The van der Waals surface area contributed by atoms with Crippen LogP contribution < -0.4 is 5.32 Å². The van der Waals surface area contributed by atoms with E-state index < -0.39 is 12.0 Å². The monoisotopic (exact) mass is 299 g/mol. The highest BCUT2D eigenvalue weighted by Gasteiger charge is 2.27. The van der Waals surface area contributed by atoms with Crippen molar-refractivity contribution in [2.45, 2.75) is 33.2 Å². The zero-order valence-corrected chi connectivity index (χ0v) is 13.0. The van der Waals surface area contributed by atoms with Crippen molar-refractivity contribution in [2.75, 3.05) is 32.7 Å². The third-order valence-corrected chi connectivity index (χ3v) is 3.98. The van der Waals surface area contributed by atoms with Crippen LogP contribution in [0.1, 0.15) is 27.2 Å². The molecule has 2 amide bonds. The van der Waals surface area contributed by atoms with Gasteiger partial charge in [0.25, 0.3) is 0 Å². The number of nitrogens with one attached hydrogen (secondary N) is 1. The molecule has 0 spiro atoms. The van der Waals surface area contributed by atoms with Crippen molar-refractivity contribution < 1.29 is 19.5 Å². The predicted molar refractivity (Wildman–Crippen MR) is 77.7 cm³/mol. The summed E-state index contributed by atoms with van der Waals surface area (Å²) in [6, 6.07) is -0.846. The highest BCUT2D eigenvalue weighted by Crippen LogP contribution is 2.08. The lowest BCUT2D eigenvalue weighted by molar-refractivity contribution is -0.143. The van der Waals surface area contributed by atoms with Gasteiger partial charge in [-0.15, -0.1) is 0 Å². The molecule has 21 heavy (non-hydrogen) atoms. The summed E-state index contributed by atoms with van der Waals surface area (Å²) in [6.07, 6.45) is 0.689. The van der Waals surface area contributed by atoms with Gasteiger partial charge >= 0.3 is 5.97 Å². The number of piperazine rings is 1. The topological polar surface area (TPSA) is 90.0 Å². The Labute approximate surface area is 125 Å². The summed E-state index contributed by atoms with van der Waals surface area (Å²) in [5.74, 6) is -1.35. The Morgan fingerprint density at radius 2 is 1.76 bits per heavy atom. The van der Waals surface area contributed by atoms with Gasteiger partial charge in [0.1, 0.15) is 6.04 Å². The summed E-state index contributed by atoms with van der Waals surface area (Å²) in [6.45, 7) is 7.89. The summed E-state index contributed by atoms with van der Waals surface area (Å²) in [5, 5.41) is 11.7. The van der Waals surface area contributed by atoms with Crippen molar-refractivity contribution in [2.24, 2.45) is 5.92 Å². The molecule has 1 aliphatic rings. The maximum Gasteiger partial charge on any atom is 0.326 e. The van der Waals surface area contributed by atoms with Crippen LogP contribution in [0.3, 0.4) is 0 Å². The van der Waals surface area contributed by atoms with E-state index in [1.54, 1.807) is 4.90 Å². The van der Waals surface area contributed by atoms with E-state index in [4.69, 9.17) is 5.11 Å². The van der Waals surface area contributed by atoms with E-state index in [1.165, 1.54) is 6.92 Å². The fourth-order valence-corrected chi connectivity index (χ4v) is 2.33. The third-order valence-electron chi connectivity index (χ3n) is 3.98. The molecule has 2 atom stereocenters. The predicted octanol–water partition coefficient (Wildman–Crippen LogP) is -0.234. The second-order valence-electron chi connectivity index (χ2n) is 5.55. The van der Waals surface area contributed by atoms with E-state index in [0.29, 0.717) is 32.6 Å². The van der Waals surface area contributed by atoms with E-state index in [0.717, 1.165) is 0 Å². The molecule has 120 valence electrons. The Morgan fingerprint density at radius 1 is 1.19 bits per heavy atom. The molecule has 0 radical (unpaired) electrons. The molecule has 0 aromatic rings. The summed E-state index contributed by atoms with van der Waals surface area (Å²) in [7, 11) is 0. The molecule has 1 heterocycles. The Kier molecular flexibility index (Phi) is 6.61. The second-order valence-corrected chi connectivity index (χ2v) is 5.55. The Balaban J connectivity index is 2.43. The molecule has 7 nitrogen and oxygen atoms in total. The number of carbonyl (C=O) groups is 3. The fourth-order valence-electron chi connectivity index (χ4n) is 2.33. The van der Waals surface area contributed by atoms with Gasteiger partial charge in [-0.25, -0.2) is 4.79 Å². The molecule has 0 bridgehead atoms. The van der Waals surface area contributed by atoms with Gasteiger partial charge in [0.2, 0.25) is 11.8 Å². The van der Waals surface area contributed by atoms with E-state index in [1.807, 2.05) is 18.7 Å². The quantitative estimate of drug-likeness (QED) is 0.707. The lowest BCUT2D eigenvalue weighted by Crippen LogP contribution is -2.53. The number of amides is 2. The largest absolute Gasteiger partial charge is 0.480 e. The molecular formula is C14H25N3O4. The van der Waals surface area contributed by atoms with Crippen LogP contribution >= 0.6 is 0 Å². The number of rotatable bonds is 6. The van der Waals surface area contributed by atoms with Crippen LogP contribution in [0.2, 0.25) is 0 Å². The van der Waals surface area contributed by atoms with Crippen molar-refractivity contribution in [1.82, 2.24) is 15.1 Å². The summed E-state index contributed by atoms with van der Waals surface area (Å²) >= 11 is 0. The molecule has 1 aliphatic heterocycles. The van der Waals surface area contributed by atoms with E-state index in [-0.39, 0.29) is 24.3 Å². The van der Waals surface area contributed by atoms with Crippen molar-refractivity contribution in [3.8, 4) is 0 Å². The zero-order chi connectivity index (χ0) is 16.0. The normalized spacial score (nSPS) is 18.9. The molecule has 1 fully saturated rings. The molecule has 0 aromatic heterocycles. The Bertz CT molecular complexity index is 392. The van der Waals surface area contributed by atoms with Crippen molar-refractivity contribution in [1.29, 1.82) is 0 Å². The van der Waals surface area contributed by atoms with Crippen LogP contribution in [0.15, 0.2) is 0 Å². The number of carbonyl (C=O) groups excluding carboxylic acids is 2. The molecule has 2 unspecified atom stereocenters. The highest BCUT2D eigenvalue weighted by molar-refractivity contribution is 5.84. The Morgan fingerprint density at radius 3 is 2.19 bits per heavy atom. The zero-order valence-electron chi connectivity index (χ0n) is 13.0. The molecule has 0 aliphatic carbocycles. The number of aliphatic carboxylic acids is 1. The van der Waals surface area contributed by atoms with Crippen LogP contribution in [-0.2, 0) is 14.4 Å². The number of hydrogen-bond donors (Lipinski definition) is 2. The van der Waals surface area contributed by atoms with Gasteiger partial charge in [0.15, 0.2) is 0 Å². The SMILES string of the molecule is CCC(C)C(NC(=O)CN1CCN(C(C)=O)CC1)C(=O)O. The van der Waals surface area contributed by atoms with Gasteiger partial charge in [0.05, 0.1) is 6.54 Å². The number of carboxylic acids is 1. The minimum atomic E-state index is -1.00. The standard InChI is InChI=1S/C14H25N3O4/c1-4-10(2)13(14(20)21)15-12(19)9-16-5-7-17(8-6-16)11(3)18/h10,13H,4-9H2,1-3H3,(H,15,19)(H,20,21). The third kappa shape index (κ3) is 5.34. The van der Waals surface area contributed by atoms with Gasteiger partial charge in [-0.2, -0.15) is 0 Å². The average molecular weight is 299 g/mol. The number of carboxylic acid groups (broad SMARTS) is 1. The first kappa shape index (κ1) is 17.4. The van der Waals surface area contributed by atoms with Gasteiger partial charge in [-0.3, -0.25) is 14.5 Å². The lowest BCUT2D eigenvalue weighted by Gasteiger charge is -2.34. The smallest absolute Gasteiger partial charge is 0.326 e. The molecule has 2 N–H and O–H groups in total. The van der Waals surface area contributed by atoms with Crippen molar-refractivity contribution in [3.05, 3.63) is 0 Å². The van der Waals surface area contributed by atoms with E-state index in [2.05, 4.69) is 5.32 Å². The Hall–Kier alpha value is -1.63. The maximum atomic E-state index is 12.0. The van der Waals surface area contributed by atoms with Crippen LogP contribution in [0.4, 0.5) is 0 Å². The summed E-state index contributed by atoms with van der Waals surface area (Å²) in [4.78, 5) is 38.0.